The number of para-hydroxylation sites is 1. The van der Waals surface area contributed by atoms with Crippen LogP contribution in [0.1, 0.15) is 38.0 Å². The molecule has 18 aromatic rings. The predicted octanol–water partition coefficient (Wildman–Crippen LogP) is 32.7. The molecule has 0 aliphatic carbocycles. The Morgan fingerprint density at radius 3 is 0.614 bits per heavy atom. The van der Waals surface area contributed by atoms with Crippen LogP contribution >= 0.6 is 109 Å². The van der Waals surface area contributed by atoms with Gasteiger partial charge >= 0.3 is 0 Å². The number of amides is 4. The SMILES string of the molecule is Brc1ccc(-c2ccc(-c3ccc(I)cc3)cc2)cc1.Brc1ccc(-c2ccc(I)cc2)cc1.Brc1ccc(-c2ccccc2)cc1.CC(=O)N(c1ccccc1)c1ccc(-c2ccc(Br)cc2)cc1.NC(=O)c1ccccc1.O=C(Nc1ccc(-c2ccc(-c3ccccc3)cc2)cc1)c1ccccc1.O=C(Nc1ccc(-c2ccccc2)cc1)c1ccccc1. The number of hydrogen-bond acceptors (Lipinski definition) is 4. The smallest absolute Gasteiger partial charge is 0.255 e. The summed E-state index contributed by atoms with van der Waals surface area (Å²) in [6.45, 7) is 1.58. The molecule has 0 fully saturated rings. The number of nitrogens with two attached hydrogens (primary N) is 1. The zero-order chi connectivity index (χ0) is 88.9. The molecular weight excluding hydrogens is 2050 g/mol. The first-order chi connectivity index (χ1) is 61.9. The van der Waals surface area contributed by atoms with Crippen LogP contribution in [0, 0.1) is 7.14 Å². The molecule has 127 heavy (non-hydrogen) atoms. The van der Waals surface area contributed by atoms with Crippen LogP contribution in [0.25, 0.3) is 89.0 Å². The van der Waals surface area contributed by atoms with Crippen molar-refractivity contribution in [1.82, 2.24) is 0 Å². The average molecular weight is 2140 g/mol. The second kappa shape index (κ2) is 49.2. The number of halogens is 6. The largest absolute Gasteiger partial charge is 0.366 e. The molecule has 4 amide bonds. The first-order valence-electron chi connectivity index (χ1n) is 40.6. The van der Waals surface area contributed by atoms with Gasteiger partial charge in [0.05, 0.1) is 0 Å². The summed E-state index contributed by atoms with van der Waals surface area (Å²) in [7, 11) is 0. The van der Waals surface area contributed by atoms with Gasteiger partial charge in [0.2, 0.25) is 11.8 Å². The standard InChI is InChI=1S/C25H19NO.C20H16BrNO.C19H15NO.C18H12BrI.C12H8BrI.C12H9Br.C7H7NO/c27-25(23-9-5-2-6-10-23)26-24-17-15-22(16-18-24)21-13-11-20(12-14-21)19-7-3-1-4-8-19;1-15(23)22(19-5-3-2-4-6-19)20-13-9-17(10-14-20)16-7-11-18(21)12-8-16;21-19(17-9-5-2-6-10-17)20-18-13-11-16(12-14-18)15-7-3-1-4-8-15;19-17-9-5-15(6-10-17)13-1-3-14(4-2-13)16-7-11-18(20)12-8-16;13-11-5-1-9(2-6-11)10-3-7-12(14)8-4-10;13-12-8-6-11(7-9-12)10-4-2-1-3-5-10;8-7(9)6-4-2-1-3-5-6/h1-18H,(H,26,27);2-14H,1H3;1-14H,(H,20,21);1-12H;1-8H;1-9H;1-5H,(H2,8,9). The number of rotatable bonds is 15. The van der Waals surface area contributed by atoms with Crippen LogP contribution in [0.5, 0.6) is 0 Å². The molecule has 8 nitrogen and oxygen atoms in total. The van der Waals surface area contributed by atoms with Gasteiger partial charge in [0, 0.05) is 71.4 Å². The van der Waals surface area contributed by atoms with Crippen LogP contribution < -0.4 is 21.3 Å². The van der Waals surface area contributed by atoms with Gasteiger partial charge < -0.3 is 16.4 Å². The highest BCUT2D eigenvalue weighted by Gasteiger charge is 2.15. The summed E-state index contributed by atoms with van der Waals surface area (Å²) in [5, 5.41) is 5.83. The Morgan fingerprint density at radius 1 is 0.220 bits per heavy atom. The van der Waals surface area contributed by atoms with Crippen LogP contribution in [0.3, 0.4) is 0 Å². The van der Waals surface area contributed by atoms with Crippen molar-refractivity contribution in [1.29, 1.82) is 0 Å². The number of carbonyl (C=O) groups excluding carboxylic acids is 4. The van der Waals surface area contributed by atoms with Crippen LogP contribution in [0.4, 0.5) is 22.7 Å². The minimum absolute atomic E-state index is 0.00686. The second-order valence-corrected chi connectivity index (χ2v) is 34.7. The van der Waals surface area contributed by atoms with Crippen molar-refractivity contribution in [3.63, 3.8) is 0 Å². The van der Waals surface area contributed by atoms with Gasteiger partial charge in [-0.1, -0.05) is 385 Å². The lowest BCUT2D eigenvalue weighted by Gasteiger charge is -2.21. The number of hydrogen-bond donors (Lipinski definition) is 3. The number of nitrogens with one attached hydrogen (secondary N) is 2. The van der Waals surface area contributed by atoms with E-state index in [2.05, 4.69) is 350 Å². The van der Waals surface area contributed by atoms with Crippen molar-refractivity contribution >= 4 is 155 Å². The van der Waals surface area contributed by atoms with E-state index in [0.29, 0.717) is 16.7 Å². The molecule has 0 spiro atoms. The van der Waals surface area contributed by atoms with Crippen molar-refractivity contribution in [3.05, 3.63) is 521 Å². The van der Waals surface area contributed by atoms with Crippen molar-refractivity contribution in [3.8, 4) is 89.0 Å². The first-order valence-corrected chi connectivity index (χ1v) is 45.9. The number of benzene rings is 18. The zero-order valence-corrected chi connectivity index (χ0v) is 79.7. The Morgan fingerprint density at radius 2 is 0.394 bits per heavy atom. The molecular formula is C113H86Br4I2N4O4. The van der Waals surface area contributed by atoms with Gasteiger partial charge in [0.15, 0.2) is 0 Å². The van der Waals surface area contributed by atoms with E-state index in [0.717, 1.165) is 68.5 Å². The number of primary amides is 1. The molecule has 0 bridgehead atoms. The molecule has 0 unspecified atom stereocenters. The van der Waals surface area contributed by atoms with E-state index in [9.17, 15) is 19.2 Å². The van der Waals surface area contributed by atoms with E-state index in [1.165, 1.54) is 68.3 Å². The summed E-state index contributed by atoms with van der Waals surface area (Å²) >= 11 is 18.4. The van der Waals surface area contributed by atoms with Gasteiger partial charge in [-0.3, -0.25) is 24.1 Å². The van der Waals surface area contributed by atoms with E-state index in [1.54, 1.807) is 60.4 Å². The molecule has 0 aliphatic rings. The van der Waals surface area contributed by atoms with Crippen LogP contribution in [0.2, 0.25) is 0 Å². The molecule has 0 saturated heterocycles. The van der Waals surface area contributed by atoms with Gasteiger partial charge in [-0.25, -0.2) is 0 Å². The molecule has 0 aromatic heterocycles. The summed E-state index contributed by atoms with van der Waals surface area (Å²) < 4.78 is 6.93. The lowest BCUT2D eigenvalue weighted by Crippen LogP contribution is -2.22. The Hall–Kier alpha value is -12.8. The Bertz CT molecular complexity index is 6300. The normalized spacial score (nSPS) is 10.2. The Kier molecular flexibility index (Phi) is 36.2. The predicted molar refractivity (Wildman–Crippen MR) is 561 cm³/mol. The molecule has 0 radical (unpaired) electrons. The average Bonchev–Trinajstić information content (AvgIpc) is 0.799. The molecule has 624 valence electrons. The van der Waals surface area contributed by atoms with Crippen molar-refractivity contribution < 1.29 is 19.2 Å². The van der Waals surface area contributed by atoms with Crippen molar-refractivity contribution in [2.75, 3.05) is 15.5 Å². The maximum absolute atomic E-state index is 12.2. The minimum Gasteiger partial charge on any atom is -0.366 e. The third-order valence-electron chi connectivity index (χ3n) is 19.7. The zero-order valence-electron chi connectivity index (χ0n) is 69.0. The van der Waals surface area contributed by atoms with Crippen molar-refractivity contribution in [2.24, 2.45) is 5.73 Å². The molecule has 14 heteroatoms. The third-order valence-corrected chi connectivity index (χ3v) is 23.2. The molecule has 0 aliphatic heterocycles. The fourth-order valence-corrected chi connectivity index (χ4v) is 14.8. The molecule has 18 rings (SSSR count). The summed E-state index contributed by atoms with van der Waals surface area (Å²) in [5.41, 5.74) is 29.4. The third kappa shape index (κ3) is 29.7. The Labute approximate surface area is 804 Å². The fourth-order valence-electron chi connectivity index (χ4n) is 13.0. The van der Waals surface area contributed by atoms with E-state index < -0.39 is 0 Å². The van der Waals surface area contributed by atoms with Crippen LogP contribution in [0.15, 0.2) is 497 Å². The van der Waals surface area contributed by atoms with E-state index in [1.807, 2.05) is 200 Å². The quantitative estimate of drug-likeness (QED) is 0.0885. The number of nitrogens with zero attached hydrogens (tertiary/aromatic N) is 1. The van der Waals surface area contributed by atoms with Gasteiger partial charge in [0.1, 0.15) is 0 Å². The minimum atomic E-state index is -0.379. The van der Waals surface area contributed by atoms with Crippen molar-refractivity contribution in [2.45, 2.75) is 6.92 Å². The lowest BCUT2D eigenvalue weighted by atomic mass is 10.0. The van der Waals surface area contributed by atoms with Gasteiger partial charge in [-0.15, -0.1) is 0 Å². The molecule has 0 heterocycles. The highest BCUT2D eigenvalue weighted by Crippen LogP contribution is 2.33. The monoisotopic (exact) mass is 2130 g/mol. The van der Waals surface area contributed by atoms with Gasteiger partial charge in [-0.05, 0) is 292 Å². The topological polar surface area (TPSA) is 122 Å². The summed E-state index contributed by atoms with van der Waals surface area (Å²) in [5.74, 6) is -0.582. The highest BCUT2D eigenvalue weighted by atomic mass is 127. The maximum atomic E-state index is 12.2. The summed E-state index contributed by atoms with van der Waals surface area (Å²) in [6, 6.07) is 159. The van der Waals surface area contributed by atoms with Gasteiger partial charge in [0.25, 0.3) is 11.8 Å². The van der Waals surface area contributed by atoms with E-state index in [-0.39, 0.29) is 23.6 Å². The molecule has 18 aromatic carbocycles. The van der Waals surface area contributed by atoms with E-state index >= 15 is 0 Å². The maximum Gasteiger partial charge on any atom is 0.255 e. The second-order valence-electron chi connectivity index (χ2n) is 28.6. The summed E-state index contributed by atoms with van der Waals surface area (Å²) in [4.78, 5) is 48.5. The van der Waals surface area contributed by atoms with Crippen LogP contribution in [-0.2, 0) is 4.79 Å². The molecule has 4 N–H and O–H groups in total. The van der Waals surface area contributed by atoms with Gasteiger partial charge in [-0.2, -0.15) is 0 Å². The number of carbonyl (C=O) groups is 4. The highest BCUT2D eigenvalue weighted by molar-refractivity contribution is 14.1. The summed E-state index contributed by atoms with van der Waals surface area (Å²) in [6.07, 6.45) is 0. The first kappa shape index (κ1) is 93.4. The molecule has 0 atom stereocenters. The molecule has 0 saturated carbocycles. The Balaban J connectivity index is 0.000000137. The van der Waals surface area contributed by atoms with E-state index in [4.69, 9.17) is 5.73 Å². The number of anilines is 4. The lowest BCUT2D eigenvalue weighted by molar-refractivity contribution is -0.115. The van der Waals surface area contributed by atoms with Crippen LogP contribution in [-0.4, -0.2) is 23.6 Å². The fraction of sp³-hybridized carbons (Fsp3) is 0.00885.